The predicted octanol–water partition coefficient (Wildman–Crippen LogP) is -1.10. The lowest BCUT2D eigenvalue weighted by Gasteiger charge is -2.27. The van der Waals surface area contributed by atoms with E-state index in [-0.39, 0.29) is 28.3 Å². The van der Waals surface area contributed by atoms with Gasteiger partial charge in [-0.15, -0.1) is 5.10 Å². The van der Waals surface area contributed by atoms with Gasteiger partial charge in [0.15, 0.2) is 28.6 Å². The number of ether oxygens (including phenoxy) is 2. The minimum Gasteiger partial charge on any atom is -0.394 e. The Morgan fingerprint density at radius 2 is 2.00 bits per heavy atom. The van der Waals surface area contributed by atoms with E-state index in [1.807, 2.05) is 22.6 Å². The second-order valence-corrected chi connectivity index (χ2v) is 15.3. The van der Waals surface area contributed by atoms with Crippen LogP contribution in [0.25, 0.3) is 22.3 Å². The van der Waals surface area contributed by atoms with Crippen LogP contribution in [0.15, 0.2) is 22.2 Å². The second-order valence-electron chi connectivity index (χ2n) is 9.39. The number of imidazole rings is 1. The number of alkyl halides is 3. The number of H-pyrrole nitrogens is 2. The van der Waals surface area contributed by atoms with Gasteiger partial charge in [-0.3, -0.25) is 23.7 Å². The minimum absolute atomic E-state index is 0.0379. The molecule has 9 atom stereocenters. The highest BCUT2D eigenvalue weighted by Crippen LogP contribution is 2.53. The fraction of sp³-hybridized carbons (Fsp3) is 0.526. The molecule has 2 saturated heterocycles. The van der Waals surface area contributed by atoms with Crippen molar-refractivity contribution in [2.75, 3.05) is 18.9 Å². The number of rotatable bonds is 8. The highest BCUT2D eigenvalue weighted by Gasteiger charge is 2.58. The third-order valence-electron chi connectivity index (χ3n) is 6.69. The van der Waals surface area contributed by atoms with E-state index >= 15 is 4.39 Å². The van der Waals surface area contributed by atoms with Crippen LogP contribution in [-0.4, -0.2) is 105 Å². The summed E-state index contributed by atoms with van der Waals surface area (Å²) in [5.74, 6) is -0.177. The van der Waals surface area contributed by atoms with E-state index in [4.69, 9.17) is 36.1 Å². The summed E-state index contributed by atoms with van der Waals surface area (Å²) < 4.78 is 37.8. The van der Waals surface area contributed by atoms with Gasteiger partial charge < -0.3 is 39.8 Å². The van der Waals surface area contributed by atoms with Crippen LogP contribution in [0.1, 0.15) is 12.5 Å². The topological polar surface area (TPSA) is 264 Å². The lowest BCUT2D eigenvalue weighted by Crippen LogP contribution is -2.38. The molecule has 2 aliphatic rings. The standard InChI is InChI=1S/C19H20FI2N10O9PS/c20-19(22)11(34)6(40-17(19)32-12-9(29-30-32)14(35)25-3-24-12)2-38-42(37,43)41-10-7(21)5(1-33)39-16(10)31-4-26-8-13(31)27-18(23)28-15(8)36/h3-7,10-11,16-17,33-34H,1-2H2,(H,37,43)(H,24,25,35)(H3,23,27,28,36)/t5-,6-,7-,10-,11-,16-,17-,19?,42?/m1/s1. The largest absolute Gasteiger partial charge is 0.394 e. The molecule has 2 fully saturated rings. The summed E-state index contributed by atoms with van der Waals surface area (Å²) >= 11 is 8.52. The molecule has 4 aromatic heterocycles. The van der Waals surface area contributed by atoms with Crippen LogP contribution in [-0.2, 0) is 30.3 Å². The molecule has 4 aromatic rings. The summed E-state index contributed by atoms with van der Waals surface area (Å²) in [5.41, 5.74) is 4.27. The fourth-order valence-corrected chi connectivity index (χ4v) is 8.03. The molecule has 232 valence electrons. The Hall–Kier alpha value is -1.81. The first kappa shape index (κ1) is 31.2. The normalized spacial score (nSPS) is 32.6. The molecule has 0 bridgehead atoms. The maximum atomic E-state index is 15.7. The van der Waals surface area contributed by atoms with Gasteiger partial charge in [-0.2, -0.15) is 9.67 Å². The average molecular weight is 868 g/mol. The molecule has 43 heavy (non-hydrogen) atoms. The summed E-state index contributed by atoms with van der Waals surface area (Å²) in [6.45, 7) is -5.20. The van der Waals surface area contributed by atoms with Crippen molar-refractivity contribution in [2.45, 2.75) is 44.5 Å². The van der Waals surface area contributed by atoms with Crippen molar-refractivity contribution in [2.24, 2.45) is 0 Å². The van der Waals surface area contributed by atoms with Crippen LogP contribution in [0.5, 0.6) is 0 Å². The zero-order valence-corrected chi connectivity index (χ0v) is 27.1. The number of aliphatic hydroxyl groups is 2. The molecule has 0 amide bonds. The van der Waals surface area contributed by atoms with Crippen LogP contribution in [0, 0.1) is 0 Å². The van der Waals surface area contributed by atoms with Gasteiger partial charge in [-0.1, -0.05) is 27.8 Å². The Morgan fingerprint density at radius 3 is 2.74 bits per heavy atom. The maximum absolute atomic E-state index is 15.7. The van der Waals surface area contributed by atoms with Crippen molar-refractivity contribution in [3.05, 3.63) is 33.4 Å². The van der Waals surface area contributed by atoms with E-state index in [2.05, 4.69) is 35.2 Å². The van der Waals surface area contributed by atoms with Gasteiger partial charge in [0, 0.05) is 0 Å². The van der Waals surface area contributed by atoms with Crippen molar-refractivity contribution in [1.29, 1.82) is 0 Å². The zero-order chi connectivity index (χ0) is 30.8. The molecule has 0 saturated carbocycles. The Morgan fingerprint density at radius 1 is 1.23 bits per heavy atom. The third kappa shape index (κ3) is 5.50. The molecule has 0 aromatic carbocycles. The van der Waals surface area contributed by atoms with Gasteiger partial charge in [-0.05, 0) is 34.4 Å². The summed E-state index contributed by atoms with van der Waals surface area (Å²) in [6, 6.07) is 0. The molecule has 6 heterocycles. The molecule has 2 unspecified atom stereocenters. The quantitative estimate of drug-likeness (QED) is 0.0698. The van der Waals surface area contributed by atoms with Gasteiger partial charge in [0.05, 0.1) is 35.9 Å². The lowest BCUT2D eigenvalue weighted by molar-refractivity contribution is -0.0581. The monoisotopic (exact) mass is 868 g/mol. The van der Waals surface area contributed by atoms with Crippen LogP contribution < -0.4 is 16.9 Å². The smallest absolute Gasteiger partial charge is 0.325 e. The van der Waals surface area contributed by atoms with E-state index in [1.165, 1.54) is 33.5 Å². The van der Waals surface area contributed by atoms with Crippen molar-refractivity contribution >= 4 is 92.0 Å². The molecule has 0 spiro atoms. The van der Waals surface area contributed by atoms with Gasteiger partial charge in [0.2, 0.25) is 15.9 Å². The van der Waals surface area contributed by atoms with Gasteiger partial charge in [-0.25, -0.2) is 14.4 Å². The molecular formula is C19H20FI2N10O9PS. The Balaban J connectivity index is 1.21. The average Bonchev–Trinajstić information content (AvgIpc) is 3.68. The first-order valence-electron chi connectivity index (χ1n) is 12.1. The summed E-state index contributed by atoms with van der Waals surface area (Å²) in [4.78, 5) is 52.0. The third-order valence-corrected chi connectivity index (χ3v) is 10.9. The molecule has 0 aliphatic carbocycles. The number of halogens is 3. The minimum atomic E-state index is -4.17. The van der Waals surface area contributed by atoms with E-state index in [0.29, 0.717) is 0 Å². The number of aromatic amines is 2. The van der Waals surface area contributed by atoms with Crippen LogP contribution >= 0.6 is 51.9 Å². The Kier molecular flexibility index (Phi) is 8.36. The summed E-state index contributed by atoms with van der Waals surface area (Å²) in [5, 5.41) is 28.1. The number of aliphatic hydroxyl groups excluding tert-OH is 2. The predicted molar refractivity (Wildman–Crippen MR) is 162 cm³/mol. The van der Waals surface area contributed by atoms with Gasteiger partial charge >= 0.3 is 6.72 Å². The van der Waals surface area contributed by atoms with E-state index in [9.17, 15) is 24.7 Å². The van der Waals surface area contributed by atoms with Crippen LogP contribution in [0.2, 0.25) is 0 Å². The van der Waals surface area contributed by atoms with Crippen molar-refractivity contribution in [3.8, 4) is 0 Å². The number of hydrogen-bond acceptors (Lipinski definition) is 15. The number of anilines is 1. The van der Waals surface area contributed by atoms with Gasteiger partial charge in [0.1, 0.15) is 18.3 Å². The van der Waals surface area contributed by atoms with Crippen molar-refractivity contribution < 1.29 is 38.0 Å². The second kappa shape index (κ2) is 11.5. The molecule has 0 radical (unpaired) electrons. The first-order valence-corrected chi connectivity index (χ1v) is 17.0. The van der Waals surface area contributed by atoms with Crippen molar-refractivity contribution in [1.82, 2.24) is 44.5 Å². The molecule has 2 aliphatic heterocycles. The lowest BCUT2D eigenvalue weighted by atomic mass is 10.1. The number of nitrogen functional groups attached to an aromatic ring is 1. The molecule has 24 heteroatoms. The number of nitrogens with zero attached hydrogens (tertiary/aromatic N) is 7. The highest BCUT2D eigenvalue weighted by atomic mass is 127. The van der Waals surface area contributed by atoms with Crippen LogP contribution in [0.4, 0.5) is 10.3 Å². The Bertz CT molecular complexity index is 1860. The number of hydrogen-bond donors (Lipinski definition) is 6. The van der Waals surface area contributed by atoms with E-state index in [0.717, 1.165) is 11.0 Å². The number of nitrogens with two attached hydrogens (primary N) is 1. The Labute approximate surface area is 269 Å². The maximum Gasteiger partial charge on any atom is 0.325 e. The molecular weight excluding hydrogens is 848 g/mol. The molecule has 19 nitrogen and oxygen atoms in total. The number of fused-ring (bicyclic) bond motifs is 2. The SMILES string of the molecule is Nc1nc2c(ncn2[C@@H]2O[C@H](CO)[C@@H](I)[C@H]2OP(O)(=S)OC[C@H]2O[C@@H](n3nnc4c(=O)[nH]cnc43)C(F)(I)[C@@H]2O)c(=O)[nH]1. The summed E-state index contributed by atoms with van der Waals surface area (Å²) in [6.07, 6.45) is -5.35. The van der Waals surface area contributed by atoms with Crippen molar-refractivity contribution in [3.63, 3.8) is 0 Å². The molecule has 6 rings (SSSR count). The van der Waals surface area contributed by atoms with E-state index in [1.54, 1.807) is 0 Å². The van der Waals surface area contributed by atoms with Gasteiger partial charge in [0.25, 0.3) is 11.1 Å². The number of aromatic nitrogens is 9. The first-order chi connectivity index (χ1) is 20.3. The van der Waals surface area contributed by atoms with Crippen LogP contribution in [0.3, 0.4) is 0 Å². The fourth-order valence-electron chi connectivity index (χ4n) is 4.67. The summed E-state index contributed by atoms with van der Waals surface area (Å²) in [7, 11) is 0. The molecule has 7 N–H and O–H groups in total. The van der Waals surface area contributed by atoms with E-state index < -0.39 is 75.5 Å². The zero-order valence-electron chi connectivity index (χ0n) is 21.1. The number of nitrogens with one attached hydrogen (secondary N) is 2. The highest BCUT2D eigenvalue weighted by molar-refractivity contribution is 14.1.